The second kappa shape index (κ2) is 7.34. The highest BCUT2D eigenvalue weighted by molar-refractivity contribution is 6.02. The summed E-state index contributed by atoms with van der Waals surface area (Å²) in [6, 6.07) is 11.7. The third kappa shape index (κ3) is 3.50. The van der Waals surface area contributed by atoms with Crippen molar-refractivity contribution < 1.29 is 14.6 Å². The maximum absolute atomic E-state index is 11.7. The topological polar surface area (TPSA) is 62.1 Å². The number of benzene rings is 2. The summed E-state index contributed by atoms with van der Waals surface area (Å²) in [4.78, 5) is 18.1. The van der Waals surface area contributed by atoms with Gasteiger partial charge in [-0.15, -0.1) is 0 Å². The SMILES string of the molecule is CCOC(=O)N1CCC(N=Cc2c(O)ccc3ccccc23)CC1. The van der Waals surface area contributed by atoms with E-state index in [0.717, 1.165) is 29.2 Å². The first kappa shape index (κ1) is 16.3. The molecule has 3 rings (SSSR count). The number of aromatic hydroxyl groups is 1. The van der Waals surface area contributed by atoms with Gasteiger partial charge in [0, 0.05) is 24.9 Å². The molecule has 1 fully saturated rings. The number of hydrogen-bond donors (Lipinski definition) is 1. The van der Waals surface area contributed by atoms with Crippen LogP contribution in [0.15, 0.2) is 41.4 Å². The largest absolute Gasteiger partial charge is 0.507 e. The van der Waals surface area contributed by atoms with Gasteiger partial charge in [0.2, 0.25) is 0 Å². The monoisotopic (exact) mass is 326 g/mol. The molecule has 1 N–H and O–H groups in total. The number of carbonyl (C=O) groups is 1. The summed E-state index contributed by atoms with van der Waals surface area (Å²) >= 11 is 0. The predicted molar refractivity (Wildman–Crippen MR) is 94.8 cm³/mol. The Labute approximate surface area is 141 Å². The van der Waals surface area contributed by atoms with E-state index in [1.807, 2.05) is 37.3 Å². The van der Waals surface area contributed by atoms with Crippen LogP contribution in [0.25, 0.3) is 10.8 Å². The van der Waals surface area contributed by atoms with E-state index >= 15 is 0 Å². The lowest BCUT2D eigenvalue weighted by Gasteiger charge is -2.29. The molecule has 0 spiro atoms. The average molecular weight is 326 g/mol. The summed E-state index contributed by atoms with van der Waals surface area (Å²) in [5.74, 6) is 0.237. The number of nitrogens with zero attached hydrogens (tertiary/aromatic N) is 2. The molecule has 1 aliphatic rings. The smallest absolute Gasteiger partial charge is 0.409 e. The lowest BCUT2D eigenvalue weighted by atomic mass is 10.0. The van der Waals surface area contributed by atoms with Crippen LogP contribution in [0, 0.1) is 0 Å². The number of amides is 1. The molecule has 0 aromatic heterocycles. The molecule has 126 valence electrons. The fourth-order valence-corrected chi connectivity index (χ4v) is 3.01. The van der Waals surface area contributed by atoms with Gasteiger partial charge in [0.25, 0.3) is 0 Å². The molecule has 0 bridgehead atoms. The molecule has 0 unspecified atom stereocenters. The van der Waals surface area contributed by atoms with Crippen LogP contribution in [0.5, 0.6) is 5.75 Å². The summed E-state index contributed by atoms with van der Waals surface area (Å²) in [6.07, 6.45) is 3.14. The number of aliphatic imine (C=N–C) groups is 1. The minimum absolute atomic E-state index is 0.161. The van der Waals surface area contributed by atoms with Crippen molar-refractivity contribution in [1.82, 2.24) is 4.90 Å². The van der Waals surface area contributed by atoms with E-state index in [1.165, 1.54) is 0 Å². The number of hydrogen-bond acceptors (Lipinski definition) is 4. The standard InChI is InChI=1S/C19H22N2O3/c1-2-24-19(23)21-11-9-15(10-12-21)20-13-17-16-6-4-3-5-14(16)7-8-18(17)22/h3-8,13,15,22H,2,9-12H2,1H3. The predicted octanol–water partition coefficient (Wildman–Crippen LogP) is 3.59. The minimum atomic E-state index is -0.244. The summed E-state index contributed by atoms with van der Waals surface area (Å²) in [7, 11) is 0. The zero-order valence-electron chi connectivity index (χ0n) is 13.8. The summed E-state index contributed by atoms with van der Waals surface area (Å²) in [6.45, 7) is 3.52. The van der Waals surface area contributed by atoms with Crippen LogP contribution in [0.2, 0.25) is 0 Å². The molecule has 0 saturated carbocycles. The van der Waals surface area contributed by atoms with E-state index < -0.39 is 0 Å². The number of carbonyl (C=O) groups excluding carboxylic acids is 1. The highest BCUT2D eigenvalue weighted by Gasteiger charge is 2.22. The lowest BCUT2D eigenvalue weighted by Crippen LogP contribution is -2.40. The van der Waals surface area contributed by atoms with Gasteiger partial charge in [-0.05, 0) is 36.6 Å². The van der Waals surface area contributed by atoms with E-state index in [4.69, 9.17) is 4.74 Å². The third-order valence-corrected chi connectivity index (χ3v) is 4.35. The molecule has 2 aromatic rings. The maximum Gasteiger partial charge on any atom is 0.409 e. The van der Waals surface area contributed by atoms with Crippen LogP contribution in [-0.2, 0) is 4.74 Å². The van der Waals surface area contributed by atoms with Gasteiger partial charge in [-0.2, -0.15) is 0 Å². The third-order valence-electron chi connectivity index (χ3n) is 4.35. The summed E-state index contributed by atoms with van der Waals surface area (Å²) in [5.41, 5.74) is 0.751. The highest BCUT2D eigenvalue weighted by Crippen LogP contribution is 2.26. The number of ether oxygens (including phenoxy) is 1. The van der Waals surface area contributed by atoms with Gasteiger partial charge in [0.15, 0.2) is 0 Å². The van der Waals surface area contributed by atoms with Crippen LogP contribution in [0.4, 0.5) is 4.79 Å². The Kier molecular flexibility index (Phi) is 4.99. The number of phenolic OH excluding ortho intramolecular Hbond substituents is 1. The Morgan fingerprint density at radius 1 is 1.29 bits per heavy atom. The van der Waals surface area contributed by atoms with E-state index in [-0.39, 0.29) is 17.9 Å². The van der Waals surface area contributed by atoms with Gasteiger partial charge in [0.1, 0.15) is 5.75 Å². The molecule has 1 heterocycles. The first-order valence-electron chi connectivity index (χ1n) is 8.34. The maximum atomic E-state index is 11.7. The van der Waals surface area contributed by atoms with Gasteiger partial charge >= 0.3 is 6.09 Å². The minimum Gasteiger partial charge on any atom is -0.507 e. The summed E-state index contributed by atoms with van der Waals surface area (Å²) in [5, 5.41) is 12.2. The van der Waals surface area contributed by atoms with E-state index in [2.05, 4.69) is 4.99 Å². The van der Waals surface area contributed by atoms with Gasteiger partial charge < -0.3 is 14.7 Å². The summed E-state index contributed by atoms with van der Waals surface area (Å²) < 4.78 is 5.03. The first-order valence-corrected chi connectivity index (χ1v) is 8.34. The fraction of sp³-hybridized carbons (Fsp3) is 0.368. The number of fused-ring (bicyclic) bond motifs is 1. The zero-order valence-corrected chi connectivity index (χ0v) is 13.8. The van der Waals surface area contributed by atoms with Gasteiger partial charge in [-0.1, -0.05) is 30.3 Å². The number of phenols is 1. The van der Waals surface area contributed by atoms with E-state index in [9.17, 15) is 9.90 Å². The van der Waals surface area contributed by atoms with Crippen molar-refractivity contribution in [2.24, 2.45) is 4.99 Å². The van der Waals surface area contributed by atoms with Crippen molar-refractivity contribution in [2.75, 3.05) is 19.7 Å². The second-order valence-electron chi connectivity index (χ2n) is 5.91. The molecule has 1 saturated heterocycles. The molecule has 5 nitrogen and oxygen atoms in total. The Balaban J connectivity index is 1.70. The molecule has 5 heteroatoms. The molecule has 2 aromatic carbocycles. The zero-order chi connectivity index (χ0) is 16.9. The average Bonchev–Trinajstić information content (AvgIpc) is 2.61. The molecule has 0 atom stereocenters. The molecule has 1 aliphatic heterocycles. The second-order valence-corrected chi connectivity index (χ2v) is 5.91. The molecule has 0 radical (unpaired) electrons. The Morgan fingerprint density at radius 3 is 2.79 bits per heavy atom. The van der Waals surface area contributed by atoms with E-state index in [0.29, 0.717) is 19.7 Å². The number of likely N-dealkylation sites (tertiary alicyclic amines) is 1. The van der Waals surface area contributed by atoms with Crippen molar-refractivity contribution in [3.05, 3.63) is 42.0 Å². The molecular weight excluding hydrogens is 304 g/mol. The molecule has 1 amide bonds. The normalized spacial score (nSPS) is 16.0. The van der Waals surface area contributed by atoms with Crippen LogP contribution in [0.3, 0.4) is 0 Å². The number of rotatable bonds is 3. The highest BCUT2D eigenvalue weighted by atomic mass is 16.6. The number of piperidine rings is 1. The Bertz CT molecular complexity index is 749. The van der Waals surface area contributed by atoms with Gasteiger partial charge in [-0.3, -0.25) is 4.99 Å². The van der Waals surface area contributed by atoms with Crippen molar-refractivity contribution in [1.29, 1.82) is 0 Å². The van der Waals surface area contributed by atoms with Crippen LogP contribution in [-0.4, -0.2) is 48.1 Å². The van der Waals surface area contributed by atoms with Crippen molar-refractivity contribution in [3.63, 3.8) is 0 Å². The van der Waals surface area contributed by atoms with Gasteiger partial charge in [-0.25, -0.2) is 4.79 Å². The van der Waals surface area contributed by atoms with Crippen molar-refractivity contribution >= 4 is 23.1 Å². The lowest BCUT2D eigenvalue weighted by molar-refractivity contribution is 0.0975. The van der Waals surface area contributed by atoms with Crippen LogP contribution >= 0.6 is 0 Å². The van der Waals surface area contributed by atoms with Crippen molar-refractivity contribution in [2.45, 2.75) is 25.8 Å². The molecular formula is C19H22N2O3. The first-order chi connectivity index (χ1) is 11.7. The van der Waals surface area contributed by atoms with Crippen LogP contribution in [0.1, 0.15) is 25.3 Å². The van der Waals surface area contributed by atoms with E-state index in [1.54, 1.807) is 17.2 Å². The van der Waals surface area contributed by atoms with Crippen LogP contribution < -0.4 is 0 Å². The Hall–Kier alpha value is -2.56. The fourth-order valence-electron chi connectivity index (χ4n) is 3.01. The molecule has 0 aliphatic carbocycles. The Morgan fingerprint density at radius 2 is 2.04 bits per heavy atom. The van der Waals surface area contributed by atoms with Crippen molar-refractivity contribution in [3.8, 4) is 5.75 Å². The quantitative estimate of drug-likeness (QED) is 0.877. The van der Waals surface area contributed by atoms with Gasteiger partial charge in [0.05, 0.1) is 12.6 Å². The molecule has 24 heavy (non-hydrogen) atoms.